The quantitative estimate of drug-likeness (QED) is 0.874. The van der Waals surface area contributed by atoms with E-state index >= 15 is 0 Å². The molecule has 6 heteroatoms. The summed E-state index contributed by atoms with van der Waals surface area (Å²) in [6.07, 6.45) is 2.93. The van der Waals surface area contributed by atoms with Gasteiger partial charge in [0.05, 0.1) is 6.10 Å². The number of nitrogens with two attached hydrogens (primary N) is 1. The molecule has 0 fully saturated rings. The Morgan fingerprint density at radius 2 is 2.35 bits per heavy atom. The lowest BCUT2D eigenvalue weighted by molar-refractivity contribution is 0.111. The molecule has 2 aromatic rings. The lowest BCUT2D eigenvalue weighted by atomic mass is 10.2. The topological polar surface area (TPSA) is 65.4 Å². The molecule has 0 bridgehead atoms. The molecule has 92 valence electrons. The third-order valence-corrected chi connectivity index (χ3v) is 2.82. The van der Waals surface area contributed by atoms with Crippen molar-refractivity contribution in [1.82, 2.24) is 14.6 Å². The second kappa shape index (κ2) is 4.67. The van der Waals surface area contributed by atoms with Gasteiger partial charge in [-0.15, -0.1) is 0 Å². The summed E-state index contributed by atoms with van der Waals surface area (Å²) in [7, 11) is 1.65. The van der Waals surface area contributed by atoms with Crippen LogP contribution < -0.4 is 5.73 Å². The Morgan fingerprint density at radius 1 is 1.59 bits per heavy atom. The summed E-state index contributed by atoms with van der Waals surface area (Å²) in [5.41, 5.74) is 6.63. The highest BCUT2D eigenvalue weighted by molar-refractivity contribution is 5.66. The predicted molar refractivity (Wildman–Crippen MR) is 62.1 cm³/mol. The Hall–Kier alpha value is -1.69. The third kappa shape index (κ3) is 2.21. The number of aryl methyl sites for hydroxylation is 1. The molecule has 0 aliphatic carbocycles. The summed E-state index contributed by atoms with van der Waals surface area (Å²) in [5, 5.41) is 4.01. The van der Waals surface area contributed by atoms with E-state index < -0.39 is 0 Å². The van der Waals surface area contributed by atoms with Crippen molar-refractivity contribution in [2.75, 3.05) is 12.8 Å². The van der Waals surface area contributed by atoms with E-state index in [4.69, 9.17) is 10.5 Å². The number of hydrogen-bond acceptors (Lipinski definition) is 4. The van der Waals surface area contributed by atoms with Crippen molar-refractivity contribution in [3.63, 3.8) is 0 Å². The molecule has 0 saturated heterocycles. The van der Waals surface area contributed by atoms with E-state index in [0.717, 1.165) is 12.1 Å². The summed E-state index contributed by atoms with van der Waals surface area (Å²) >= 11 is 0. The summed E-state index contributed by atoms with van der Waals surface area (Å²) in [6.45, 7) is 1.97. The number of hydrogen-bond donors (Lipinski definition) is 1. The number of fused-ring (bicyclic) bond motifs is 1. The van der Waals surface area contributed by atoms with Gasteiger partial charge in [-0.1, -0.05) is 0 Å². The van der Waals surface area contributed by atoms with Gasteiger partial charge >= 0.3 is 0 Å². The molecular weight excluding hydrogens is 223 g/mol. The van der Waals surface area contributed by atoms with Gasteiger partial charge in [-0.25, -0.2) is 13.9 Å². The van der Waals surface area contributed by atoms with Crippen LogP contribution in [-0.4, -0.2) is 27.8 Å². The van der Waals surface area contributed by atoms with Crippen LogP contribution in [0.1, 0.15) is 19.0 Å². The first-order valence-corrected chi connectivity index (χ1v) is 5.43. The van der Waals surface area contributed by atoms with Crippen LogP contribution in [0.5, 0.6) is 0 Å². The van der Waals surface area contributed by atoms with E-state index in [9.17, 15) is 4.39 Å². The van der Waals surface area contributed by atoms with Crippen LogP contribution in [0.2, 0.25) is 0 Å². The molecular formula is C11H15FN4O. The molecule has 2 rings (SSSR count). The van der Waals surface area contributed by atoms with Crippen molar-refractivity contribution < 1.29 is 9.13 Å². The Morgan fingerprint density at radius 3 is 3.06 bits per heavy atom. The van der Waals surface area contributed by atoms with E-state index in [-0.39, 0.29) is 23.3 Å². The first-order valence-electron chi connectivity index (χ1n) is 5.43. The molecule has 0 radical (unpaired) electrons. The molecule has 5 nitrogen and oxygen atoms in total. The number of rotatable bonds is 4. The highest BCUT2D eigenvalue weighted by atomic mass is 19.1. The van der Waals surface area contributed by atoms with Gasteiger partial charge < -0.3 is 10.5 Å². The zero-order valence-corrected chi connectivity index (χ0v) is 9.85. The Kier molecular flexibility index (Phi) is 3.23. The smallest absolute Gasteiger partial charge is 0.154 e. The Labute approximate surface area is 98.4 Å². The lowest BCUT2D eigenvalue weighted by Gasteiger charge is -2.08. The number of aromatic nitrogens is 3. The van der Waals surface area contributed by atoms with Gasteiger partial charge in [0.1, 0.15) is 11.8 Å². The first-order chi connectivity index (χ1) is 8.13. The lowest BCUT2D eigenvalue weighted by Crippen LogP contribution is -2.08. The second-order valence-electron chi connectivity index (χ2n) is 3.97. The fourth-order valence-corrected chi connectivity index (χ4v) is 1.73. The molecule has 2 N–H and O–H groups in total. The van der Waals surface area contributed by atoms with Crippen molar-refractivity contribution in [3.05, 3.63) is 23.9 Å². The van der Waals surface area contributed by atoms with Gasteiger partial charge in [0.2, 0.25) is 0 Å². The summed E-state index contributed by atoms with van der Waals surface area (Å²) in [4.78, 5) is 3.77. The Balaban J connectivity index is 2.32. The molecule has 1 atom stereocenters. The summed E-state index contributed by atoms with van der Waals surface area (Å²) in [5.74, 6) is -0.230. The number of nitrogen functional groups attached to an aromatic ring is 1. The monoisotopic (exact) mass is 238 g/mol. The molecule has 17 heavy (non-hydrogen) atoms. The first kappa shape index (κ1) is 11.8. The highest BCUT2D eigenvalue weighted by Gasteiger charge is 2.13. The van der Waals surface area contributed by atoms with Crippen LogP contribution in [0.3, 0.4) is 0 Å². The predicted octanol–water partition coefficient (Wildman–Crippen LogP) is 1.42. The molecule has 2 aromatic heterocycles. The van der Waals surface area contributed by atoms with E-state index in [0.29, 0.717) is 6.42 Å². The van der Waals surface area contributed by atoms with Crippen LogP contribution in [0, 0.1) is 5.82 Å². The second-order valence-corrected chi connectivity index (χ2v) is 3.97. The zero-order chi connectivity index (χ0) is 12.4. The van der Waals surface area contributed by atoms with Gasteiger partial charge in [0.25, 0.3) is 0 Å². The highest BCUT2D eigenvalue weighted by Crippen LogP contribution is 2.19. The molecule has 0 aromatic carbocycles. The van der Waals surface area contributed by atoms with Crippen molar-refractivity contribution in [1.29, 1.82) is 0 Å². The number of anilines is 1. The average molecular weight is 238 g/mol. The van der Waals surface area contributed by atoms with E-state index in [2.05, 4.69) is 10.1 Å². The van der Waals surface area contributed by atoms with Crippen LogP contribution >= 0.6 is 0 Å². The van der Waals surface area contributed by atoms with Gasteiger partial charge in [0, 0.05) is 12.8 Å². The summed E-state index contributed by atoms with van der Waals surface area (Å²) < 4.78 is 20.3. The zero-order valence-electron chi connectivity index (χ0n) is 9.85. The minimum atomic E-state index is -0.386. The minimum absolute atomic E-state index is 0.128. The van der Waals surface area contributed by atoms with Crippen LogP contribution in [0.15, 0.2) is 12.4 Å². The van der Waals surface area contributed by atoms with Crippen molar-refractivity contribution in [3.8, 4) is 0 Å². The van der Waals surface area contributed by atoms with E-state index in [1.165, 1.54) is 16.9 Å². The van der Waals surface area contributed by atoms with Crippen LogP contribution in [0.4, 0.5) is 10.2 Å². The SMILES string of the molecule is COC(C)CCc1cc(F)c2c(N)ncnn12. The van der Waals surface area contributed by atoms with Gasteiger partial charge in [0.15, 0.2) is 11.6 Å². The molecule has 0 amide bonds. The number of nitrogens with zero attached hydrogens (tertiary/aromatic N) is 3. The molecule has 0 aliphatic rings. The number of ether oxygens (including phenoxy) is 1. The van der Waals surface area contributed by atoms with E-state index in [1.807, 2.05) is 6.92 Å². The van der Waals surface area contributed by atoms with Crippen molar-refractivity contribution in [2.45, 2.75) is 25.9 Å². The van der Waals surface area contributed by atoms with Crippen LogP contribution in [-0.2, 0) is 11.2 Å². The van der Waals surface area contributed by atoms with Crippen molar-refractivity contribution >= 4 is 11.3 Å². The molecule has 1 unspecified atom stereocenters. The molecule has 0 aliphatic heterocycles. The fraction of sp³-hybridized carbons (Fsp3) is 0.455. The maximum absolute atomic E-state index is 13.7. The standard InChI is InChI=1S/C11H15FN4O/c1-7(17-2)3-4-8-5-9(12)10-11(13)14-6-15-16(8)10/h5-7H,3-4H2,1-2H3,(H2,13,14,15). The van der Waals surface area contributed by atoms with Crippen molar-refractivity contribution in [2.24, 2.45) is 0 Å². The largest absolute Gasteiger partial charge is 0.382 e. The number of methoxy groups -OCH3 is 1. The molecule has 0 spiro atoms. The maximum atomic E-state index is 13.7. The average Bonchev–Trinajstić information content (AvgIpc) is 2.64. The minimum Gasteiger partial charge on any atom is -0.382 e. The van der Waals surface area contributed by atoms with Gasteiger partial charge in [-0.3, -0.25) is 0 Å². The molecule has 2 heterocycles. The normalized spacial score (nSPS) is 13.1. The fourth-order valence-electron chi connectivity index (χ4n) is 1.73. The Bertz CT molecular complexity index is 525. The van der Waals surface area contributed by atoms with Gasteiger partial charge in [-0.2, -0.15) is 5.10 Å². The third-order valence-electron chi connectivity index (χ3n) is 2.82. The summed E-state index contributed by atoms with van der Waals surface area (Å²) in [6, 6.07) is 1.45. The molecule has 0 saturated carbocycles. The van der Waals surface area contributed by atoms with Gasteiger partial charge in [-0.05, 0) is 25.8 Å². The number of halogens is 1. The maximum Gasteiger partial charge on any atom is 0.154 e. The van der Waals surface area contributed by atoms with Crippen LogP contribution in [0.25, 0.3) is 5.52 Å². The van der Waals surface area contributed by atoms with E-state index in [1.54, 1.807) is 7.11 Å².